The molecule has 6 nitrogen and oxygen atoms in total. The van der Waals surface area contributed by atoms with E-state index < -0.39 is 0 Å². The van der Waals surface area contributed by atoms with Gasteiger partial charge in [0, 0.05) is 13.5 Å². The molecule has 16 heavy (non-hydrogen) atoms. The van der Waals surface area contributed by atoms with Gasteiger partial charge < -0.3 is 0 Å². The van der Waals surface area contributed by atoms with Crippen molar-refractivity contribution in [2.45, 2.75) is 38.5 Å². The van der Waals surface area contributed by atoms with Gasteiger partial charge in [-0.2, -0.15) is 0 Å². The molecule has 1 heterocycles. The Morgan fingerprint density at radius 1 is 1.44 bits per heavy atom. The Kier molecular flexibility index (Phi) is 3.48. The van der Waals surface area contributed by atoms with Gasteiger partial charge in [0.2, 0.25) is 11.9 Å². The molecule has 6 heteroatoms. The highest BCUT2D eigenvalue weighted by Crippen LogP contribution is 2.26. The maximum atomic E-state index is 11.7. The second-order valence-corrected chi connectivity index (χ2v) is 4.38. The van der Waals surface area contributed by atoms with E-state index in [1.54, 1.807) is 7.05 Å². The Morgan fingerprint density at radius 2 is 2.19 bits per heavy atom. The average Bonchev–Trinajstić information content (AvgIpc) is 2.66. The fourth-order valence-corrected chi connectivity index (χ4v) is 2.16. The number of tetrazole rings is 1. The largest absolute Gasteiger partial charge is 0.293 e. The number of carbonyl (C=O) groups excluding carboxylic acids is 1. The molecule has 1 amide bonds. The first-order valence-electron chi connectivity index (χ1n) is 5.78. The van der Waals surface area contributed by atoms with Gasteiger partial charge in [-0.1, -0.05) is 24.4 Å². The number of aryl methyl sites for hydroxylation is 1. The summed E-state index contributed by atoms with van der Waals surface area (Å²) >= 11 is 0. The zero-order valence-corrected chi connectivity index (χ0v) is 9.52. The quantitative estimate of drug-likeness (QED) is 0.833. The molecule has 1 saturated carbocycles. The van der Waals surface area contributed by atoms with Gasteiger partial charge >= 0.3 is 0 Å². The smallest absolute Gasteiger partial charge is 0.249 e. The number of aromatic nitrogens is 4. The minimum absolute atomic E-state index is 0.0183. The molecule has 1 aromatic heterocycles. The standard InChI is InChI=1S/C10H17N5O/c1-15-10(12-13-14-15)11-9(16)7-8-5-3-2-4-6-8/h8H,2-7H2,1H3,(H,11,12,14,16). The number of rotatable bonds is 3. The molecule has 0 spiro atoms. The van der Waals surface area contributed by atoms with Crippen LogP contribution in [0.25, 0.3) is 0 Å². The maximum Gasteiger partial charge on any atom is 0.249 e. The molecule has 2 rings (SSSR count). The topological polar surface area (TPSA) is 72.7 Å². The first-order chi connectivity index (χ1) is 7.75. The van der Waals surface area contributed by atoms with Crippen molar-refractivity contribution in [2.24, 2.45) is 13.0 Å². The summed E-state index contributed by atoms with van der Waals surface area (Å²) in [5.41, 5.74) is 0. The highest BCUT2D eigenvalue weighted by atomic mass is 16.1. The van der Waals surface area contributed by atoms with E-state index in [9.17, 15) is 4.79 Å². The summed E-state index contributed by atoms with van der Waals surface area (Å²) in [5, 5.41) is 13.6. The number of nitrogens with zero attached hydrogens (tertiary/aromatic N) is 4. The Hall–Kier alpha value is -1.46. The number of hydrogen-bond donors (Lipinski definition) is 1. The number of amides is 1. The fourth-order valence-electron chi connectivity index (χ4n) is 2.16. The van der Waals surface area contributed by atoms with Gasteiger partial charge in [-0.3, -0.25) is 10.1 Å². The minimum Gasteiger partial charge on any atom is -0.293 e. The lowest BCUT2D eigenvalue weighted by Crippen LogP contribution is -2.20. The molecule has 0 aliphatic heterocycles. The summed E-state index contributed by atoms with van der Waals surface area (Å²) in [5.74, 6) is 0.973. The summed E-state index contributed by atoms with van der Waals surface area (Å²) in [6.07, 6.45) is 6.75. The molecule has 0 unspecified atom stereocenters. The third kappa shape index (κ3) is 2.77. The normalized spacial score (nSPS) is 17.3. The van der Waals surface area contributed by atoms with Gasteiger partial charge in [0.1, 0.15) is 0 Å². The molecule has 0 atom stereocenters. The zero-order chi connectivity index (χ0) is 11.4. The lowest BCUT2D eigenvalue weighted by molar-refractivity contribution is -0.117. The van der Waals surface area contributed by atoms with Crippen molar-refractivity contribution in [3.8, 4) is 0 Å². The lowest BCUT2D eigenvalue weighted by Gasteiger charge is -2.20. The van der Waals surface area contributed by atoms with Crippen LogP contribution >= 0.6 is 0 Å². The molecule has 1 N–H and O–H groups in total. The highest BCUT2D eigenvalue weighted by molar-refractivity contribution is 5.89. The van der Waals surface area contributed by atoms with Crippen molar-refractivity contribution in [1.82, 2.24) is 20.2 Å². The van der Waals surface area contributed by atoms with Gasteiger partial charge in [0.05, 0.1) is 0 Å². The maximum absolute atomic E-state index is 11.7. The Labute approximate surface area is 94.4 Å². The molecule has 1 aromatic rings. The van der Waals surface area contributed by atoms with Crippen LogP contribution < -0.4 is 5.32 Å². The van der Waals surface area contributed by atoms with Crippen LogP contribution in [0.2, 0.25) is 0 Å². The predicted octanol–water partition coefficient (Wildman–Crippen LogP) is 1.12. The monoisotopic (exact) mass is 223 g/mol. The first kappa shape index (κ1) is 11.0. The average molecular weight is 223 g/mol. The molecule has 0 radical (unpaired) electrons. The van der Waals surface area contributed by atoms with Crippen LogP contribution in [0.15, 0.2) is 0 Å². The summed E-state index contributed by atoms with van der Waals surface area (Å²) < 4.78 is 1.46. The van der Waals surface area contributed by atoms with Crippen LogP contribution in [-0.2, 0) is 11.8 Å². The first-order valence-corrected chi connectivity index (χ1v) is 5.78. The van der Waals surface area contributed by atoms with Crippen LogP contribution in [0.5, 0.6) is 0 Å². The van der Waals surface area contributed by atoms with Crippen molar-refractivity contribution < 1.29 is 4.79 Å². The molecule has 0 saturated heterocycles. The summed E-state index contributed by atoms with van der Waals surface area (Å²) in [6, 6.07) is 0. The predicted molar refractivity (Wildman–Crippen MR) is 58.6 cm³/mol. The van der Waals surface area contributed by atoms with E-state index in [0.29, 0.717) is 18.3 Å². The van der Waals surface area contributed by atoms with Gasteiger partial charge in [-0.05, 0) is 29.2 Å². The SMILES string of the molecule is Cn1nnnc1NC(=O)CC1CCCCC1. The van der Waals surface area contributed by atoms with Gasteiger partial charge in [-0.25, -0.2) is 4.68 Å². The summed E-state index contributed by atoms with van der Waals surface area (Å²) in [6.45, 7) is 0. The van der Waals surface area contributed by atoms with Gasteiger partial charge in [0.15, 0.2) is 0 Å². The number of carbonyl (C=O) groups is 1. The molecule has 0 aromatic carbocycles. The van der Waals surface area contributed by atoms with Crippen LogP contribution in [-0.4, -0.2) is 26.1 Å². The third-order valence-electron chi connectivity index (χ3n) is 3.07. The van der Waals surface area contributed by atoms with E-state index in [0.717, 1.165) is 0 Å². The van der Waals surface area contributed by atoms with Gasteiger partial charge in [-0.15, -0.1) is 0 Å². The minimum atomic E-state index is 0.0183. The van der Waals surface area contributed by atoms with E-state index in [1.807, 2.05) is 0 Å². The summed E-state index contributed by atoms with van der Waals surface area (Å²) in [4.78, 5) is 11.7. The van der Waals surface area contributed by atoms with Crippen molar-refractivity contribution in [2.75, 3.05) is 5.32 Å². The molecule has 1 aliphatic rings. The van der Waals surface area contributed by atoms with Crippen molar-refractivity contribution >= 4 is 11.9 Å². The second kappa shape index (κ2) is 5.05. The molecule has 0 bridgehead atoms. The van der Waals surface area contributed by atoms with Crippen molar-refractivity contribution in [1.29, 1.82) is 0 Å². The van der Waals surface area contributed by atoms with Crippen molar-refractivity contribution in [3.05, 3.63) is 0 Å². The fraction of sp³-hybridized carbons (Fsp3) is 0.800. The van der Waals surface area contributed by atoms with E-state index in [2.05, 4.69) is 20.8 Å². The lowest BCUT2D eigenvalue weighted by atomic mass is 9.87. The van der Waals surface area contributed by atoms with Crippen LogP contribution in [0, 0.1) is 5.92 Å². The Bertz CT molecular complexity index is 356. The number of nitrogens with one attached hydrogen (secondary N) is 1. The Balaban J connectivity index is 1.82. The summed E-state index contributed by atoms with van der Waals surface area (Å²) in [7, 11) is 1.70. The van der Waals surface area contributed by atoms with E-state index in [4.69, 9.17) is 0 Å². The van der Waals surface area contributed by atoms with E-state index >= 15 is 0 Å². The Morgan fingerprint density at radius 3 is 2.81 bits per heavy atom. The third-order valence-corrected chi connectivity index (χ3v) is 3.07. The molecular weight excluding hydrogens is 206 g/mol. The van der Waals surface area contributed by atoms with E-state index in [1.165, 1.54) is 36.8 Å². The second-order valence-electron chi connectivity index (χ2n) is 4.38. The van der Waals surface area contributed by atoms with E-state index in [-0.39, 0.29) is 5.91 Å². The number of hydrogen-bond acceptors (Lipinski definition) is 4. The molecule has 1 aliphatic carbocycles. The van der Waals surface area contributed by atoms with Crippen LogP contribution in [0.3, 0.4) is 0 Å². The molecule has 88 valence electrons. The van der Waals surface area contributed by atoms with Crippen molar-refractivity contribution in [3.63, 3.8) is 0 Å². The molecule has 1 fully saturated rings. The van der Waals surface area contributed by atoms with Crippen LogP contribution in [0.4, 0.5) is 5.95 Å². The van der Waals surface area contributed by atoms with Crippen LogP contribution in [0.1, 0.15) is 38.5 Å². The zero-order valence-electron chi connectivity index (χ0n) is 9.52. The highest BCUT2D eigenvalue weighted by Gasteiger charge is 2.17. The van der Waals surface area contributed by atoms with Gasteiger partial charge in [0.25, 0.3) is 0 Å². The molecular formula is C10H17N5O. The number of anilines is 1.